The summed E-state index contributed by atoms with van der Waals surface area (Å²) in [6.07, 6.45) is -3.71. The smallest absolute Gasteiger partial charge is 0.380 e. The summed E-state index contributed by atoms with van der Waals surface area (Å²) < 4.78 is 80.2. The highest BCUT2D eigenvalue weighted by atomic mass is 32.2. The van der Waals surface area contributed by atoms with Gasteiger partial charge in [0.05, 0.1) is 24.3 Å². The summed E-state index contributed by atoms with van der Waals surface area (Å²) >= 11 is 1.11. The number of alkyl halides is 3. The van der Waals surface area contributed by atoms with Crippen molar-refractivity contribution in [3.63, 3.8) is 0 Å². The van der Waals surface area contributed by atoms with E-state index in [1.165, 1.54) is 10.6 Å². The molecule has 2 saturated heterocycles. The van der Waals surface area contributed by atoms with Gasteiger partial charge >= 0.3 is 11.9 Å². The van der Waals surface area contributed by atoms with Gasteiger partial charge in [0.15, 0.2) is 0 Å². The normalized spacial score (nSPS) is 21.8. The fourth-order valence-electron chi connectivity index (χ4n) is 6.31. The quantitative estimate of drug-likeness (QED) is 0.306. The van der Waals surface area contributed by atoms with Crippen LogP contribution in [0.25, 0.3) is 22.0 Å². The molecule has 2 atom stereocenters. The molecule has 2 aromatic carbocycles. The van der Waals surface area contributed by atoms with E-state index in [2.05, 4.69) is 11.6 Å². The molecule has 1 amide bonds. The van der Waals surface area contributed by atoms with Crippen LogP contribution in [0.5, 0.6) is 0 Å². The Morgan fingerprint density at radius 1 is 1.17 bits per heavy atom. The Morgan fingerprint density at radius 2 is 1.86 bits per heavy atom. The van der Waals surface area contributed by atoms with Crippen molar-refractivity contribution in [1.82, 2.24) is 14.5 Å². The maximum absolute atomic E-state index is 15.2. The van der Waals surface area contributed by atoms with Crippen LogP contribution in [0.1, 0.15) is 19.4 Å². The number of benzene rings is 2. The van der Waals surface area contributed by atoms with Gasteiger partial charge in [0.1, 0.15) is 17.5 Å². The van der Waals surface area contributed by atoms with Crippen LogP contribution < -0.4 is 10.6 Å². The van der Waals surface area contributed by atoms with Crippen molar-refractivity contribution in [2.45, 2.75) is 43.5 Å². The zero-order valence-corrected chi connectivity index (χ0v) is 23.6. The number of carbonyl (C=O) groups excluding carboxylic acids is 1. The Hall–Kier alpha value is -3.45. The number of thioether (sulfide) groups is 1. The molecule has 7 nitrogen and oxygen atoms in total. The minimum atomic E-state index is -4.92. The van der Waals surface area contributed by atoms with Crippen LogP contribution >= 0.6 is 11.8 Å². The zero-order chi connectivity index (χ0) is 30.1. The summed E-state index contributed by atoms with van der Waals surface area (Å²) in [4.78, 5) is 33.9. The number of nitrogens with zero attached hydrogens (tertiary/aromatic N) is 4. The van der Waals surface area contributed by atoms with E-state index in [9.17, 15) is 27.2 Å². The van der Waals surface area contributed by atoms with Gasteiger partial charge in [-0.3, -0.25) is 9.36 Å². The molecule has 1 spiro atoms. The Bertz CT molecular complexity index is 1670. The van der Waals surface area contributed by atoms with E-state index in [1.807, 2.05) is 0 Å². The Labute approximate surface area is 241 Å². The molecule has 6 rings (SSSR count). The Morgan fingerprint density at radius 3 is 2.43 bits per heavy atom. The van der Waals surface area contributed by atoms with Crippen LogP contribution in [0.15, 0.2) is 46.6 Å². The lowest BCUT2D eigenvalue weighted by atomic mass is 9.88. The second kappa shape index (κ2) is 10.1. The topological polar surface area (TPSA) is 67.7 Å². The highest BCUT2D eigenvalue weighted by Gasteiger charge is 2.45. The van der Waals surface area contributed by atoms with Crippen molar-refractivity contribution in [3.05, 3.63) is 64.6 Å². The van der Waals surface area contributed by atoms with E-state index in [0.29, 0.717) is 25.0 Å². The standard InChI is InChI=1S/C29H27F5N4O3S/c1-4-22(39)38-15(2)9-36(10-16(38)3)26-19-8-20(29(32,33)34)23(18-6-5-17(30)7-21(18)31)25-24(19)37(27(40)35-26)11-28(14-42-25)12-41-13-28/h4-8,15-16H,1,9-14H2,2-3H3. The van der Waals surface area contributed by atoms with Gasteiger partial charge in [-0.2, -0.15) is 18.2 Å². The maximum Gasteiger partial charge on any atom is 0.417 e. The molecule has 222 valence electrons. The van der Waals surface area contributed by atoms with E-state index in [-0.39, 0.29) is 59.2 Å². The average Bonchev–Trinajstić information content (AvgIpc) is 3.08. The molecule has 0 radical (unpaired) electrons. The number of piperazine rings is 1. The molecule has 0 aliphatic carbocycles. The number of rotatable bonds is 3. The summed E-state index contributed by atoms with van der Waals surface area (Å²) in [6.45, 7) is 8.38. The molecule has 0 bridgehead atoms. The summed E-state index contributed by atoms with van der Waals surface area (Å²) in [7, 11) is 0. The van der Waals surface area contributed by atoms with Crippen LogP contribution in [-0.4, -0.2) is 64.5 Å². The van der Waals surface area contributed by atoms with Crippen molar-refractivity contribution >= 4 is 34.4 Å². The molecule has 2 unspecified atom stereocenters. The van der Waals surface area contributed by atoms with Gasteiger partial charge in [-0.15, -0.1) is 11.8 Å². The van der Waals surface area contributed by atoms with Crippen molar-refractivity contribution in [1.29, 1.82) is 0 Å². The predicted octanol–water partition coefficient (Wildman–Crippen LogP) is 5.09. The molecular formula is C29H27F5N4O3S. The largest absolute Gasteiger partial charge is 0.417 e. The van der Waals surface area contributed by atoms with Gasteiger partial charge in [-0.1, -0.05) is 6.58 Å². The maximum atomic E-state index is 15.2. The van der Waals surface area contributed by atoms with Gasteiger partial charge in [-0.25, -0.2) is 13.6 Å². The van der Waals surface area contributed by atoms with Gasteiger partial charge in [0, 0.05) is 70.4 Å². The lowest BCUT2D eigenvalue weighted by Gasteiger charge is -2.44. The van der Waals surface area contributed by atoms with E-state index in [0.717, 1.165) is 30.0 Å². The highest BCUT2D eigenvalue weighted by Crippen LogP contribution is 2.51. The number of ether oxygens (including phenoxy) is 1. The lowest BCUT2D eigenvalue weighted by molar-refractivity contribution is -0.137. The Kier molecular flexibility index (Phi) is 6.88. The van der Waals surface area contributed by atoms with Gasteiger partial charge in [0.25, 0.3) is 0 Å². The first-order valence-electron chi connectivity index (χ1n) is 13.4. The zero-order valence-electron chi connectivity index (χ0n) is 22.8. The van der Waals surface area contributed by atoms with E-state index in [4.69, 9.17) is 4.74 Å². The average molecular weight is 607 g/mol. The van der Waals surface area contributed by atoms with E-state index >= 15 is 4.39 Å². The van der Waals surface area contributed by atoms with Crippen LogP contribution in [-0.2, 0) is 22.3 Å². The summed E-state index contributed by atoms with van der Waals surface area (Å²) in [5.74, 6) is -1.95. The molecule has 4 heterocycles. The van der Waals surface area contributed by atoms with Crippen LogP contribution in [0.3, 0.4) is 0 Å². The molecule has 0 saturated carbocycles. The third kappa shape index (κ3) is 4.57. The monoisotopic (exact) mass is 606 g/mol. The lowest BCUT2D eigenvalue weighted by Crippen LogP contribution is -2.58. The molecule has 3 aromatic rings. The van der Waals surface area contributed by atoms with Gasteiger partial charge in [-0.05, 0) is 38.1 Å². The summed E-state index contributed by atoms with van der Waals surface area (Å²) in [5.41, 5.74) is -2.91. The van der Waals surface area contributed by atoms with Gasteiger partial charge in [0.2, 0.25) is 5.91 Å². The van der Waals surface area contributed by atoms with E-state index < -0.39 is 45.6 Å². The summed E-state index contributed by atoms with van der Waals surface area (Å²) in [6, 6.07) is 2.67. The minimum absolute atomic E-state index is 0.0648. The summed E-state index contributed by atoms with van der Waals surface area (Å²) in [5, 5.41) is 0.0934. The fraction of sp³-hybridized carbons (Fsp3) is 0.414. The number of hydrogen-bond donors (Lipinski definition) is 0. The fourth-order valence-corrected chi connectivity index (χ4v) is 7.74. The second-order valence-corrected chi connectivity index (χ2v) is 12.3. The minimum Gasteiger partial charge on any atom is -0.380 e. The second-order valence-electron chi connectivity index (χ2n) is 11.3. The molecule has 2 fully saturated rings. The molecule has 0 N–H and O–H groups in total. The molecule has 1 aromatic heterocycles. The molecule has 13 heteroatoms. The highest BCUT2D eigenvalue weighted by molar-refractivity contribution is 7.99. The molecule has 3 aliphatic heterocycles. The van der Waals surface area contributed by atoms with Crippen LogP contribution in [0, 0.1) is 17.0 Å². The molecule has 3 aliphatic rings. The van der Waals surface area contributed by atoms with Crippen LogP contribution in [0.2, 0.25) is 0 Å². The molecule has 42 heavy (non-hydrogen) atoms. The Balaban J connectivity index is 1.65. The predicted molar refractivity (Wildman–Crippen MR) is 149 cm³/mol. The van der Waals surface area contributed by atoms with Crippen molar-refractivity contribution < 1.29 is 31.5 Å². The number of carbonyl (C=O) groups is 1. The van der Waals surface area contributed by atoms with Crippen LogP contribution in [0.4, 0.5) is 27.8 Å². The van der Waals surface area contributed by atoms with Crippen molar-refractivity contribution in [2.75, 3.05) is 37.0 Å². The number of amides is 1. The first kappa shape index (κ1) is 28.7. The van der Waals surface area contributed by atoms with Crippen molar-refractivity contribution in [3.8, 4) is 11.1 Å². The number of aromatic nitrogens is 2. The third-order valence-electron chi connectivity index (χ3n) is 8.18. The number of halogens is 5. The SMILES string of the molecule is C=CC(=O)N1C(C)CN(c2nc(=O)n3c4c(c(-c5ccc(F)cc5F)c(C(F)(F)F)cc24)SCC2(COC2)C3)CC1C. The number of hydrogen-bond acceptors (Lipinski definition) is 6. The van der Waals surface area contributed by atoms with E-state index in [1.54, 1.807) is 23.6 Å². The first-order valence-corrected chi connectivity index (χ1v) is 14.4. The van der Waals surface area contributed by atoms with Gasteiger partial charge < -0.3 is 14.5 Å². The number of anilines is 1. The first-order chi connectivity index (χ1) is 19.8. The van der Waals surface area contributed by atoms with Crippen molar-refractivity contribution in [2.24, 2.45) is 5.41 Å². The third-order valence-corrected chi connectivity index (χ3v) is 9.63. The molecular weight excluding hydrogens is 579 g/mol.